The second kappa shape index (κ2) is 4.92. The van der Waals surface area contributed by atoms with E-state index in [0.29, 0.717) is 6.04 Å². The number of alkyl halides is 4. The van der Waals surface area contributed by atoms with Gasteiger partial charge in [-0.3, -0.25) is 0 Å². The molecule has 0 aliphatic carbocycles. The Morgan fingerprint density at radius 2 is 1.91 bits per heavy atom. The first-order valence-electron chi connectivity index (χ1n) is 3.64. The summed E-state index contributed by atoms with van der Waals surface area (Å²) in [6, 6.07) is -2.46. The highest BCUT2D eigenvalue weighted by Crippen LogP contribution is 2.18. The molecule has 68 valence electrons. The van der Waals surface area contributed by atoms with Crippen LogP contribution in [0.15, 0.2) is 0 Å². The molecule has 0 bridgehead atoms. The summed E-state index contributed by atoms with van der Waals surface area (Å²) in [5.74, 6) is 0. The van der Waals surface area contributed by atoms with Crippen LogP contribution in [-0.2, 0) is 0 Å². The van der Waals surface area contributed by atoms with Gasteiger partial charge in [0.05, 0.1) is 0 Å². The van der Waals surface area contributed by atoms with E-state index in [4.69, 9.17) is 0 Å². The lowest BCUT2D eigenvalue weighted by molar-refractivity contribution is 0.110. The summed E-state index contributed by atoms with van der Waals surface area (Å²) >= 11 is 0. The zero-order valence-electron chi connectivity index (χ0n) is 6.42. The molecular weight excluding hydrogens is 192 g/mol. The van der Waals surface area contributed by atoms with Crippen LogP contribution in [0.25, 0.3) is 0 Å². The van der Waals surface area contributed by atoms with Crippen LogP contribution in [0, 0.1) is 0 Å². The summed E-state index contributed by atoms with van der Waals surface area (Å²) in [6.07, 6.45) is 0. The van der Waals surface area contributed by atoms with Gasteiger partial charge in [0.15, 0.2) is 0 Å². The summed E-state index contributed by atoms with van der Waals surface area (Å²) in [4.78, 5) is 0. The van der Waals surface area contributed by atoms with Crippen molar-refractivity contribution in [2.75, 3.05) is 0 Å². The summed E-state index contributed by atoms with van der Waals surface area (Å²) in [5.41, 5.74) is -2.70. The average molecular weight is 204 g/mol. The molecule has 0 nitrogen and oxygen atoms in total. The van der Waals surface area contributed by atoms with Gasteiger partial charge in [-0.2, -0.15) is 0 Å². The molecule has 0 aromatic heterocycles. The maximum absolute atomic E-state index is 12.5. The Hall–Kier alpha value is 0.154. The van der Waals surface area contributed by atoms with E-state index in [9.17, 15) is 17.6 Å². The lowest BCUT2D eigenvalue weighted by Gasteiger charge is -2.13. The largest absolute Gasteiger partial charge is 0.220 e. The van der Waals surface area contributed by atoms with Crippen molar-refractivity contribution in [2.45, 2.75) is 30.6 Å². The van der Waals surface area contributed by atoms with E-state index in [1.807, 2.05) is 0 Å². The Bertz CT molecular complexity index is 107. The van der Waals surface area contributed by atoms with Crippen LogP contribution in [0.5, 0.6) is 0 Å². The van der Waals surface area contributed by atoms with E-state index in [1.165, 1.54) is 0 Å². The van der Waals surface area contributed by atoms with Gasteiger partial charge in [0.2, 0.25) is 11.6 Å². The molecule has 0 atom stereocenters. The summed E-state index contributed by atoms with van der Waals surface area (Å²) < 4.78 is 48.2. The third-order valence-electron chi connectivity index (χ3n) is 1.34. The molecule has 0 fully saturated rings. The summed E-state index contributed by atoms with van der Waals surface area (Å²) in [6.45, 7) is 1.68. The van der Waals surface area contributed by atoms with E-state index >= 15 is 0 Å². The third kappa shape index (κ3) is 6.55. The number of halogens is 4. The molecule has 0 aliphatic rings. The molecule has 0 saturated heterocycles. The minimum Gasteiger partial charge on any atom is -0.216 e. The summed E-state index contributed by atoms with van der Waals surface area (Å²) in [5, 5.41) is 0. The average Bonchev–Trinajstić information content (AvgIpc) is 1.84. The fourth-order valence-corrected chi connectivity index (χ4v) is 3.80. The van der Waals surface area contributed by atoms with E-state index < -0.39 is 36.7 Å². The van der Waals surface area contributed by atoms with Gasteiger partial charge in [-0.15, -0.1) is 0 Å². The predicted octanol–water partition coefficient (Wildman–Crippen LogP) is 0.996. The maximum Gasteiger partial charge on any atom is 0.220 e. The molecule has 0 radical (unpaired) electrons. The molecule has 0 saturated carbocycles. The molecule has 0 aromatic rings. The Morgan fingerprint density at radius 3 is 2.27 bits per heavy atom. The van der Waals surface area contributed by atoms with Crippen molar-refractivity contribution >= 4 is 19.0 Å². The minimum atomic E-state index is -2.70. The maximum atomic E-state index is 12.5. The van der Waals surface area contributed by atoms with Crippen LogP contribution in [0.2, 0.25) is 12.1 Å². The zero-order chi connectivity index (χ0) is 8.91. The fraction of sp³-hybridized carbons (Fsp3) is 1.00. The van der Waals surface area contributed by atoms with Crippen molar-refractivity contribution < 1.29 is 17.6 Å². The van der Waals surface area contributed by atoms with Crippen LogP contribution >= 0.6 is 0 Å². The smallest absolute Gasteiger partial charge is 0.216 e. The molecule has 0 unspecified atom stereocenters. The van der Waals surface area contributed by atoms with Crippen LogP contribution in [0.3, 0.4) is 0 Å². The molecule has 0 amide bonds. The molecule has 0 rings (SSSR count). The van der Waals surface area contributed by atoms with Crippen molar-refractivity contribution in [1.82, 2.24) is 0 Å². The van der Waals surface area contributed by atoms with Crippen molar-refractivity contribution in [3.05, 3.63) is 0 Å². The fourth-order valence-electron chi connectivity index (χ4n) is 0.811. The minimum absolute atomic E-state index is 0.491. The van der Waals surface area contributed by atoms with Crippen molar-refractivity contribution in [3.8, 4) is 0 Å². The topological polar surface area (TPSA) is 0 Å². The van der Waals surface area contributed by atoms with E-state index in [-0.39, 0.29) is 0 Å². The van der Waals surface area contributed by atoms with E-state index in [0.717, 1.165) is 0 Å². The van der Waals surface area contributed by atoms with Gasteiger partial charge in [0.25, 0.3) is 0 Å². The van der Waals surface area contributed by atoms with Crippen LogP contribution in [-0.4, -0.2) is 30.6 Å². The highest BCUT2D eigenvalue weighted by molar-refractivity contribution is 6.45. The third-order valence-corrected chi connectivity index (χ3v) is 5.09. The number of rotatable bonds is 5. The Labute approximate surface area is 68.0 Å². The molecule has 0 N–H and O–H groups in total. The molecule has 0 aromatic carbocycles. The first kappa shape index (κ1) is 11.2. The van der Waals surface area contributed by atoms with Gasteiger partial charge in [-0.25, -0.2) is 17.6 Å². The molecule has 0 heterocycles. The number of hydrogen-bond donors (Lipinski definition) is 0. The van der Waals surface area contributed by atoms with Gasteiger partial charge in [-0.1, -0.05) is 13.0 Å². The van der Waals surface area contributed by atoms with Gasteiger partial charge < -0.3 is 0 Å². The Kier molecular flexibility index (Phi) is 4.99. The van der Waals surface area contributed by atoms with Gasteiger partial charge in [0, 0.05) is 6.04 Å². The van der Waals surface area contributed by atoms with Gasteiger partial charge in [0.1, 0.15) is 19.0 Å². The van der Waals surface area contributed by atoms with Crippen molar-refractivity contribution in [3.63, 3.8) is 0 Å². The van der Waals surface area contributed by atoms with Crippen LogP contribution < -0.4 is 0 Å². The zero-order valence-corrected chi connectivity index (χ0v) is 9.25. The van der Waals surface area contributed by atoms with Gasteiger partial charge in [-0.05, 0) is 0 Å². The second-order valence-electron chi connectivity index (χ2n) is 2.54. The Balaban J connectivity index is 3.54. The lowest BCUT2D eigenvalue weighted by atomic mass is 10.8. The molecule has 0 aliphatic heterocycles. The number of hydrogen-bond acceptors (Lipinski definition) is 0. The first-order chi connectivity index (χ1) is 4.98. The highest BCUT2D eigenvalue weighted by Gasteiger charge is 2.28. The van der Waals surface area contributed by atoms with E-state index in [2.05, 4.69) is 0 Å². The quantitative estimate of drug-likeness (QED) is 0.463. The molecule has 6 heteroatoms. The van der Waals surface area contributed by atoms with Gasteiger partial charge >= 0.3 is 0 Å². The molecule has 0 spiro atoms. The standard InChI is InChI=1S/C5H12F4Si2/c1-2-11-5(8,9)3-10-4(6)7/h4H,2-3,10-11H2,1H3. The predicted molar refractivity (Wildman–Crippen MR) is 43.3 cm³/mol. The SMILES string of the molecule is CC[SiH2]C(F)(F)C[SiH2]C(F)F. The molecule has 11 heavy (non-hydrogen) atoms. The monoisotopic (exact) mass is 204 g/mol. The van der Waals surface area contributed by atoms with Crippen LogP contribution in [0.4, 0.5) is 17.6 Å². The van der Waals surface area contributed by atoms with Crippen molar-refractivity contribution in [1.29, 1.82) is 0 Å². The summed E-state index contributed by atoms with van der Waals surface area (Å²) in [7, 11) is -3.25. The normalized spacial score (nSPS) is 14.7. The second-order valence-corrected chi connectivity index (χ2v) is 6.76. The molecular formula is C5H12F4Si2. The van der Waals surface area contributed by atoms with Crippen LogP contribution in [0.1, 0.15) is 6.92 Å². The first-order valence-corrected chi connectivity index (χ1v) is 7.16. The Morgan fingerprint density at radius 1 is 1.36 bits per heavy atom. The van der Waals surface area contributed by atoms with Crippen molar-refractivity contribution in [2.24, 2.45) is 0 Å². The lowest BCUT2D eigenvalue weighted by Crippen LogP contribution is -2.27. The van der Waals surface area contributed by atoms with E-state index in [1.54, 1.807) is 6.92 Å². The highest BCUT2D eigenvalue weighted by atomic mass is 28.2.